The molecule has 0 radical (unpaired) electrons. The minimum absolute atomic E-state index is 0.0878. The highest BCUT2D eigenvalue weighted by molar-refractivity contribution is 5.95. The maximum atomic E-state index is 12.1. The van der Waals surface area contributed by atoms with Crippen molar-refractivity contribution in [2.75, 3.05) is 25.6 Å². The van der Waals surface area contributed by atoms with Crippen LogP contribution in [0.25, 0.3) is 10.9 Å². The van der Waals surface area contributed by atoms with Gasteiger partial charge in [0, 0.05) is 36.9 Å². The Bertz CT molecular complexity index is 844. The van der Waals surface area contributed by atoms with Crippen molar-refractivity contribution in [2.45, 2.75) is 6.42 Å². The lowest BCUT2D eigenvalue weighted by Crippen LogP contribution is -2.25. The third-order valence-electron chi connectivity index (χ3n) is 3.76. The first-order valence-corrected chi connectivity index (χ1v) is 8.12. The molecule has 3 rings (SSSR count). The molecule has 1 aromatic heterocycles. The van der Waals surface area contributed by atoms with Crippen LogP contribution in [0.1, 0.15) is 16.8 Å². The summed E-state index contributed by atoms with van der Waals surface area (Å²) >= 11 is 0. The number of carbonyl (C=O) groups is 1. The van der Waals surface area contributed by atoms with E-state index < -0.39 is 0 Å². The van der Waals surface area contributed by atoms with E-state index in [1.54, 1.807) is 19.2 Å². The van der Waals surface area contributed by atoms with Crippen molar-refractivity contribution in [1.29, 1.82) is 0 Å². The van der Waals surface area contributed by atoms with Gasteiger partial charge in [0.15, 0.2) is 0 Å². The summed E-state index contributed by atoms with van der Waals surface area (Å²) in [7, 11) is 1.65. The van der Waals surface area contributed by atoms with E-state index in [0.717, 1.165) is 28.8 Å². The van der Waals surface area contributed by atoms with Gasteiger partial charge in [-0.25, -0.2) is 9.97 Å². The number of anilines is 2. The number of nitrogens with zero attached hydrogens (tertiary/aromatic N) is 2. The second-order valence-corrected chi connectivity index (χ2v) is 5.54. The van der Waals surface area contributed by atoms with Gasteiger partial charge >= 0.3 is 0 Å². The summed E-state index contributed by atoms with van der Waals surface area (Å²) in [4.78, 5) is 20.6. The number of carbonyl (C=O) groups excluding carboxylic acids is 1. The molecule has 0 saturated heterocycles. The first-order chi connectivity index (χ1) is 12.3. The zero-order chi connectivity index (χ0) is 17.5. The highest BCUT2D eigenvalue weighted by Crippen LogP contribution is 2.22. The maximum Gasteiger partial charge on any atom is 0.251 e. The lowest BCUT2D eigenvalue weighted by molar-refractivity contribution is 0.0948. The number of aromatic nitrogens is 2. The predicted molar refractivity (Wildman–Crippen MR) is 98.1 cm³/mol. The summed E-state index contributed by atoms with van der Waals surface area (Å²) in [5, 5.41) is 7.09. The fraction of sp³-hybridized carbons (Fsp3) is 0.211. The topological polar surface area (TPSA) is 76.1 Å². The van der Waals surface area contributed by atoms with Crippen molar-refractivity contribution in [3.63, 3.8) is 0 Å². The Hall–Kier alpha value is -2.99. The number of amides is 1. The van der Waals surface area contributed by atoms with E-state index in [1.165, 1.54) is 6.33 Å². The summed E-state index contributed by atoms with van der Waals surface area (Å²) in [5.74, 6) is 0.650. The summed E-state index contributed by atoms with van der Waals surface area (Å²) in [6.07, 6.45) is 2.33. The van der Waals surface area contributed by atoms with Crippen LogP contribution in [0, 0.1) is 0 Å². The fourth-order valence-corrected chi connectivity index (χ4v) is 2.47. The van der Waals surface area contributed by atoms with Gasteiger partial charge in [-0.15, -0.1) is 0 Å². The molecule has 0 unspecified atom stereocenters. The zero-order valence-corrected chi connectivity index (χ0v) is 14.0. The van der Waals surface area contributed by atoms with Crippen molar-refractivity contribution in [1.82, 2.24) is 15.3 Å². The molecule has 3 aromatic rings. The van der Waals surface area contributed by atoms with Gasteiger partial charge in [0.2, 0.25) is 0 Å². The zero-order valence-electron chi connectivity index (χ0n) is 14.0. The maximum absolute atomic E-state index is 12.1. The predicted octanol–water partition coefficient (Wildman–Crippen LogP) is 3.14. The molecule has 6 nitrogen and oxygen atoms in total. The highest BCUT2D eigenvalue weighted by atomic mass is 16.5. The molecule has 6 heteroatoms. The molecule has 0 aliphatic carbocycles. The standard InChI is InChI=1S/C19H20N4O2/c1-25-12-4-11-20-19(24)14-7-9-15(10-8-14)23-18-16-5-2-3-6-17(16)21-13-22-18/h2-3,5-10,13H,4,11-12H2,1H3,(H,20,24)(H,21,22,23). The Balaban J connectivity index is 1.67. The number of fused-ring (bicyclic) bond motifs is 1. The molecule has 2 N–H and O–H groups in total. The number of rotatable bonds is 7. The molecule has 128 valence electrons. The molecule has 1 heterocycles. The van der Waals surface area contributed by atoms with Crippen LogP contribution in [0.15, 0.2) is 54.9 Å². The Morgan fingerprint density at radius 2 is 1.88 bits per heavy atom. The fourth-order valence-electron chi connectivity index (χ4n) is 2.47. The van der Waals surface area contributed by atoms with E-state index in [1.807, 2.05) is 36.4 Å². The number of hydrogen-bond acceptors (Lipinski definition) is 5. The van der Waals surface area contributed by atoms with Crippen molar-refractivity contribution >= 4 is 28.3 Å². The summed E-state index contributed by atoms with van der Waals surface area (Å²) in [5.41, 5.74) is 2.36. The summed E-state index contributed by atoms with van der Waals surface area (Å²) in [6, 6.07) is 15.1. The molecule has 2 aromatic carbocycles. The minimum Gasteiger partial charge on any atom is -0.385 e. The number of benzene rings is 2. The SMILES string of the molecule is COCCCNC(=O)c1ccc(Nc2ncnc3ccccc23)cc1. The van der Waals surface area contributed by atoms with Gasteiger partial charge in [-0.2, -0.15) is 0 Å². The average molecular weight is 336 g/mol. The second-order valence-electron chi connectivity index (χ2n) is 5.54. The number of nitrogens with one attached hydrogen (secondary N) is 2. The quantitative estimate of drug-likeness (QED) is 0.648. The van der Waals surface area contributed by atoms with Gasteiger partial charge in [-0.1, -0.05) is 12.1 Å². The summed E-state index contributed by atoms with van der Waals surface area (Å²) < 4.78 is 4.96. The highest BCUT2D eigenvalue weighted by Gasteiger charge is 2.06. The molecular formula is C19H20N4O2. The number of ether oxygens (including phenoxy) is 1. The van der Waals surface area contributed by atoms with Crippen molar-refractivity contribution < 1.29 is 9.53 Å². The molecule has 25 heavy (non-hydrogen) atoms. The van der Waals surface area contributed by atoms with Crippen LogP contribution in [0.3, 0.4) is 0 Å². The first-order valence-electron chi connectivity index (χ1n) is 8.12. The van der Waals surface area contributed by atoms with Gasteiger partial charge in [0.05, 0.1) is 5.52 Å². The summed E-state index contributed by atoms with van der Waals surface area (Å²) in [6.45, 7) is 1.23. The Kier molecular flexibility index (Phi) is 5.53. The van der Waals surface area contributed by atoms with E-state index >= 15 is 0 Å². The van der Waals surface area contributed by atoms with Crippen molar-refractivity contribution in [3.05, 3.63) is 60.4 Å². The van der Waals surface area contributed by atoms with Gasteiger partial charge in [-0.3, -0.25) is 4.79 Å². The number of methoxy groups -OCH3 is 1. The van der Waals surface area contributed by atoms with Crippen LogP contribution >= 0.6 is 0 Å². The Morgan fingerprint density at radius 1 is 1.08 bits per heavy atom. The molecule has 0 spiro atoms. The smallest absolute Gasteiger partial charge is 0.251 e. The van der Waals surface area contributed by atoms with Gasteiger partial charge in [0.1, 0.15) is 12.1 Å². The lowest BCUT2D eigenvalue weighted by atomic mass is 10.2. The van der Waals surface area contributed by atoms with Crippen LogP contribution in [-0.2, 0) is 4.74 Å². The van der Waals surface area contributed by atoms with E-state index in [-0.39, 0.29) is 5.91 Å². The second kappa shape index (κ2) is 8.21. The van der Waals surface area contributed by atoms with E-state index in [0.29, 0.717) is 18.7 Å². The van der Waals surface area contributed by atoms with Crippen LogP contribution in [-0.4, -0.2) is 36.1 Å². The molecule has 0 aliphatic heterocycles. The van der Waals surface area contributed by atoms with Crippen LogP contribution in [0.5, 0.6) is 0 Å². The monoisotopic (exact) mass is 336 g/mol. The van der Waals surface area contributed by atoms with Gasteiger partial charge in [0.25, 0.3) is 5.91 Å². The molecule has 0 aliphatic rings. The van der Waals surface area contributed by atoms with Gasteiger partial charge in [-0.05, 0) is 42.8 Å². The van der Waals surface area contributed by atoms with E-state index in [9.17, 15) is 4.79 Å². The van der Waals surface area contributed by atoms with Gasteiger partial charge < -0.3 is 15.4 Å². The van der Waals surface area contributed by atoms with E-state index in [2.05, 4.69) is 20.6 Å². The molecule has 0 atom stereocenters. The third-order valence-corrected chi connectivity index (χ3v) is 3.76. The minimum atomic E-state index is -0.0878. The normalized spacial score (nSPS) is 10.6. The molecule has 0 fully saturated rings. The van der Waals surface area contributed by atoms with Crippen LogP contribution in [0.4, 0.5) is 11.5 Å². The molecular weight excluding hydrogens is 316 g/mol. The first kappa shape index (κ1) is 16.9. The Labute approximate surface area is 146 Å². The van der Waals surface area contributed by atoms with Crippen LogP contribution < -0.4 is 10.6 Å². The molecule has 0 bridgehead atoms. The number of para-hydroxylation sites is 1. The third kappa shape index (κ3) is 4.30. The molecule has 0 saturated carbocycles. The van der Waals surface area contributed by atoms with Crippen molar-refractivity contribution in [3.8, 4) is 0 Å². The average Bonchev–Trinajstić information content (AvgIpc) is 2.66. The largest absolute Gasteiger partial charge is 0.385 e. The van der Waals surface area contributed by atoms with Crippen LogP contribution in [0.2, 0.25) is 0 Å². The molecule has 1 amide bonds. The number of hydrogen-bond donors (Lipinski definition) is 2. The Morgan fingerprint density at radius 3 is 2.68 bits per heavy atom. The lowest BCUT2D eigenvalue weighted by Gasteiger charge is -2.09. The van der Waals surface area contributed by atoms with E-state index in [4.69, 9.17) is 4.74 Å². The van der Waals surface area contributed by atoms with Crippen molar-refractivity contribution in [2.24, 2.45) is 0 Å².